The Morgan fingerprint density at radius 1 is 1.20 bits per heavy atom. The summed E-state index contributed by atoms with van der Waals surface area (Å²) in [6, 6.07) is 12.5. The third kappa shape index (κ3) is 4.84. The summed E-state index contributed by atoms with van der Waals surface area (Å²) in [5.74, 6) is -0.465. The van der Waals surface area contributed by atoms with Crippen molar-refractivity contribution >= 4 is 21.6 Å². The number of aliphatic hydroxyl groups excluding tert-OH is 1. The quantitative estimate of drug-likeness (QED) is 0.479. The maximum absolute atomic E-state index is 13.0. The van der Waals surface area contributed by atoms with E-state index in [0.29, 0.717) is 19.3 Å². The van der Waals surface area contributed by atoms with E-state index in [1.165, 1.54) is 12.1 Å². The predicted molar refractivity (Wildman–Crippen MR) is 109 cm³/mol. The minimum atomic E-state index is -3.99. The van der Waals surface area contributed by atoms with Crippen LogP contribution in [0.3, 0.4) is 0 Å². The lowest BCUT2D eigenvalue weighted by atomic mass is 10.1. The molecule has 160 valence electrons. The molecule has 1 amide bonds. The van der Waals surface area contributed by atoms with Gasteiger partial charge in [-0.3, -0.25) is 14.9 Å². The molecule has 3 rings (SSSR count). The van der Waals surface area contributed by atoms with Crippen molar-refractivity contribution in [2.24, 2.45) is 0 Å². The number of hydrogen-bond donors (Lipinski definition) is 2. The molecule has 1 heterocycles. The first-order chi connectivity index (χ1) is 14.3. The Bertz CT molecular complexity index is 995. The fourth-order valence-electron chi connectivity index (χ4n) is 3.52. The highest BCUT2D eigenvalue weighted by Gasteiger charge is 2.40. The molecule has 1 aliphatic heterocycles. The molecule has 10 heteroatoms. The van der Waals surface area contributed by atoms with E-state index in [1.807, 2.05) is 30.3 Å². The Morgan fingerprint density at radius 2 is 1.87 bits per heavy atom. The number of benzene rings is 2. The second-order valence-corrected chi connectivity index (χ2v) is 8.99. The second kappa shape index (κ2) is 9.33. The van der Waals surface area contributed by atoms with Crippen LogP contribution in [-0.2, 0) is 21.2 Å². The minimum Gasteiger partial charge on any atom is -0.394 e. The van der Waals surface area contributed by atoms with E-state index < -0.39 is 32.9 Å². The molecule has 1 aliphatic rings. The first-order valence-electron chi connectivity index (χ1n) is 9.54. The number of aliphatic hydroxyl groups is 1. The lowest BCUT2D eigenvalue weighted by Gasteiger charge is -2.25. The average molecular weight is 433 g/mol. The molecule has 2 atom stereocenters. The number of nitrogens with zero attached hydrogens (tertiary/aromatic N) is 2. The number of nitro benzene ring substituents is 1. The van der Waals surface area contributed by atoms with E-state index in [4.69, 9.17) is 0 Å². The second-order valence-electron chi connectivity index (χ2n) is 7.10. The summed E-state index contributed by atoms with van der Waals surface area (Å²) in [7, 11) is -3.99. The van der Waals surface area contributed by atoms with Gasteiger partial charge in [-0.25, -0.2) is 8.42 Å². The Labute approximate surface area is 174 Å². The molecular weight excluding hydrogens is 410 g/mol. The summed E-state index contributed by atoms with van der Waals surface area (Å²) < 4.78 is 27.1. The summed E-state index contributed by atoms with van der Waals surface area (Å²) in [4.78, 5) is 22.9. The van der Waals surface area contributed by atoms with E-state index in [0.717, 1.165) is 22.0 Å². The van der Waals surface area contributed by atoms with Crippen LogP contribution in [-0.4, -0.2) is 53.9 Å². The van der Waals surface area contributed by atoms with Crippen LogP contribution in [0.2, 0.25) is 0 Å². The first-order valence-corrected chi connectivity index (χ1v) is 11.0. The van der Waals surface area contributed by atoms with Gasteiger partial charge in [0.05, 0.1) is 22.5 Å². The largest absolute Gasteiger partial charge is 0.394 e. The molecule has 0 saturated carbocycles. The molecule has 1 saturated heterocycles. The average Bonchev–Trinajstić information content (AvgIpc) is 3.25. The zero-order valence-electron chi connectivity index (χ0n) is 16.2. The summed E-state index contributed by atoms with van der Waals surface area (Å²) >= 11 is 0. The van der Waals surface area contributed by atoms with Crippen LogP contribution in [0.1, 0.15) is 18.4 Å². The van der Waals surface area contributed by atoms with Gasteiger partial charge in [0.15, 0.2) is 0 Å². The third-order valence-electron chi connectivity index (χ3n) is 5.05. The van der Waals surface area contributed by atoms with E-state index in [1.54, 1.807) is 0 Å². The third-order valence-corrected chi connectivity index (χ3v) is 6.97. The summed E-state index contributed by atoms with van der Waals surface area (Å²) in [6.45, 7) is -0.0949. The van der Waals surface area contributed by atoms with Gasteiger partial charge < -0.3 is 10.4 Å². The Hall–Kier alpha value is -2.82. The van der Waals surface area contributed by atoms with Crippen molar-refractivity contribution in [2.75, 3.05) is 13.2 Å². The molecule has 2 aromatic carbocycles. The topological polar surface area (TPSA) is 130 Å². The molecule has 9 nitrogen and oxygen atoms in total. The number of nitro groups is 1. The molecule has 2 aromatic rings. The van der Waals surface area contributed by atoms with E-state index >= 15 is 0 Å². The van der Waals surface area contributed by atoms with Crippen LogP contribution < -0.4 is 5.32 Å². The van der Waals surface area contributed by atoms with E-state index in [9.17, 15) is 28.4 Å². The van der Waals surface area contributed by atoms with Crippen LogP contribution in [0.25, 0.3) is 0 Å². The van der Waals surface area contributed by atoms with Gasteiger partial charge in [-0.15, -0.1) is 0 Å². The normalized spacial score (nSPS) is 18.1. The van der Waals surface area contributed by atoms with Gasteiger partial charge in [-0.2, -0.15) is 4.31 Å². The summed E-state index contributed by atoms with van der Waals surface area (Å²) in [6.07, 6.45) is 1.30. The Balaban J connectivity index is 1.73. The van der Waals surface area contributed by atoms with Gasteiger partial charge >= 0.3 is 0 Å². The molecule has 2 N–H and O–H groups in total. The van der Waals surface area contributed by atoms with Gasteiger partial charge in [0.2, 0.25) is 15.9 Å². The SMILES string of the molecule is O=C(N[C@H](CO)Cc1ccccc1)[C@H]1CCCN1S(=O)(=O)c1ccc([N+](=O)[O-])cc1. The highest BCUT2D eigenvalue weighted by molar-refractivity contribution is 7.89. The minimum absolute atomic E-state index is 0.101. The van der Waals surface area contributed by atoms with Crippen molar-refractivity contribution in [3.05, 3.63) is 70.3 Å². The fourth-order valence-corrected chi connectivity index (χ4v) is 5.18. The van der Waals surface area contributed by atoms with Crippen LogP contribution >= 0.6 is 0 Å². The van der Waals surface area contributed by atoms with E-state index in [-0.39, 0.29) is 23.7 Å². The number of carbonyl (C=O) groups excluding carboxylic acids is 1. The molecule has 1 fully saturated rings. The molecule has 0 aromatic heterocycles. The number of rotatable bonds is 8. The molecule has 0 aliphatic carbocycles. The number of hydrogen-bond acceptors (Lipinski definition) is 6. The molecule has 0 radical (unpaired) electrons. The summed E-state index contributed by atoms with van der Waals surface area (Å²) in [5.41, 5.74) is 0.731. The lowest BCUT2D eigenvalue weighted by molar-refractivity contribution is -0.384. The van der Waals surface area contributed by atoms with Crippen LogP contribution in [0.5, 0.6) is 0 Å². The number of sulfonamides is 1. The van der Waals surface area contributed by atoms with E-state index in [2.05, 4.69) is 5.32 Å². The van der Waals surface area contributed by atoms with Crippen molar-refractivity contribution < 1.29 is 23.2 Å². The summed E-state index contributed by atoms with van der Waals surface area (Å²) in [5, 5.41) is 23.2. The Morgan fingerprint density at radius 3 is 2.47 bits per heavy atom. The number of amides is 1. The molecule has 0 unspecified atom stereocenters. The van der Waals surface area contributed by atoms with Crippen molar-refractivity contribution in [3.63, 3.8) is 0 Å². The maximum atomic E-state index is 13.0. The lowest BCUT2D eigenvalue weighted by Crippen LogP contribution is -2.50. The van der Waals surface area contributed by atoms with Gasteiger partial charge in [0.25, 0.3) is 5.69 Å². The van der Waals surface area contributed by atoms with Crippen LogP contribution in [0.4, 0.5) is 5.69 Å². The van der Waals surface area contributed by atoms with Crippen LogP contribution in [0, 0.1) is 10.1 Å². The fraction of sp³-hybridized carbons (Fsp3) is 0.350. The van der Waals surface area contributed by atoms with Crippen LogP contribution in [0.15, 0.2) is 59.5 Å². The zero-order chi connectivity index (χ0) is 21.7. The predicted octanol–water partition coefficient (Wildman–Crippen LogP) is 1.47. The number of carbonyl (C=O) groups is 1. The monoisotopic (exact) mass is 433 g/mol. The van der Waals surface area contributed by atoms with Gasteiger partial charge in [-0.05, 0) is 37.0 Å². The first kappa shape index (κ1) is 21.9. The molecule has 0 spiro atoms. The van der Waals surface area contributed by atoms with Crippen molar-refractivity contribution in [1.82, 2.24) is 9.62 Å². The number of nitrogens with one attached hydrogen (secondary N) is 1. The Kier molecular flexibility index (Phi) is 6.80. The molecular formula is C20H23N3O6S. The molecule has 0 bridgehead atoms. The highest BCUT2D eigenvalue weighted by atomic mass is 32.2. The van der Waals surface area contributed by atoms with Crippen molar-refractivity contribution in [3.8, 4) is 0 Å². The van der Waals surface area contributed by atoms with Gasteiger partial charge in [0, 0.05) is 18.7 Å². The molecule has 30 heavy (non-hydrogen) atoms. The zero-order valence-corrected chi connectivity index (χ0v) is 17.0. The van der Waals surface area contributed by atoms with Crippen molar-refractivity contribution in [2.45, 2.75) is 36.2 Å². The highest BCUT2D eigenvalue weighted by Crippen LogP contribution is 2.27. The standard InChI is InChI=1S/C20H23N3O6S/c24-14-16(13-15-5-2-1-3-6-15)21-20(25)19-7-4-12-22(19)30(28,29)18-10-8-17(9-11-18)23(26)27/h1-3,5-6,8-11,16,19,24H,4,7,12-14H2,(H,21,25)/t16-,19+/m0/s1. The van der Waals surface area contributed by atoms with Gasteiger partial charge in [-0.1, -0.05) is 30.3 Å². The van der Waals surface area contributed by atoms with Crippen molar-refractivity contribution in [1.29, 1.82) is 0 Å². The van der Waals surface area contributed by atoms with Gasteiger partial charge in [0.1, 0.15) is 6.04 Å². The maximum Gasteiger partial charge on any atom is 0.269 e. The smallest absolute Gasteiger partial charge is 0.269 e. The number of non-ortho nitro benzene ring substituents is 1.